The molecule has 0 saturated carbocycles. The van der Waals surface area contributed by atoms with Crippen LogP contribution < -0.4 is 14.8 Å². The van der Waals surface area contributed by atoms with Crippen LogP contribution in [0.15, 0.2) is 48.5 Å². The topological polar surface area (TPSA) is 78.3 Å². The maximum atomic E-state index is 12.0. The van der Waals surface area contributed by atoms with Gasteiger partial charge in [0.25, 0.3) is 0 Å². The lowest BCUT2D eigenvalue weighted by Gasteiger charge is -2.09. The van der Waals surface area contributed by atoms with E-state index in [0.29, 0.717) is 30.8 Å². The largest absolute Gasteiger partial charge is 0.497 e. The van der Waals surface area contributed by atoms with Crippen molar-refractivity contribution in [2.24, 2.45) is 5.92 Å². The summed E-state index contributed by atoms with van der Waals surface area (Å²) in [5.74, 6) is 1.75. The smallest absolute Gasteiger partial charge is 0.336 e. The number of carbonyl (C=O) groups excluding carboxylic acids is 1. The third-order valence-corrected chi connectivity index (χ3v) is 4.20. The SMILES string of the molecule is CCOc1nc(-c2ccc(OC)cc2)n(-c2ccc(NC(=O)CC(C)C)cc2)n1. The molecule has 0 aliphatic heterocycles. The van der Waals surface area contributed by atoms with Crippen LogP contribution in [-0.2, 0) is 4.79 Å². The van der Waals surface area contributed by atoms with E-state index in [4.69, 9.17) is 9.47 Å². The molecule has 1 aromatic heterocycles. The summed E-state index contributed by atoms with van der Waals surface area (Å²) in [4.78, 5) is 16.5. The van der Waals surface area contributed by atoms with Crippen molar-refractivity contribution in [1.29, 1.82) is 0 Å². The molecule has 2 aromatic carbocycles. The third kappa shape index (κ3) is 5.13. The molecule has 3 rings (SSSR count). The zero-order chi connectivity index (χ0) is 20.8. The second kappa shape index (κ2) is 9.23. The van der Waals surface area contributed by atoms with Crippen LogP contribution in [0.2, 0.25) is 0 Å². The van der Waals surface area contributed by atoms with Crippen molar-refractivity contribution in [3.8, 4) is 28.8 Å². The number of amides is 1. The summed E-state index contributed by atoms with van der Waals surface area (Å²) in [5, 5.41) is 7.40. The molecule has 152 valence electrons. The summed E-state index contributed by atoms with van der Waals surface area (Å²) in [6, 6.07) is 15.4. The van der Waals surface area contributed by atoms with Gasteiger partial charge < -0.3 is 14.8 Å². The van der Waals surface area contributed by atoms with E-state index in [1.165, 1.54) is 0 Å². The third-order valence-electron chi connectivity index (χ3n) is 4.20. The van der Waals surface area contributed by atoms with Crippen molar-refractivity contribution < 1.29 is 14.3 Å². The first kappa shape index (κ1) is 20.4. The molecule has 0 aliphatic carbocycles. The van der Waals surface area contributed by atoms with Gasteiger partial charge in [0.15, 0.2) is 5.82 Å². The molecule has 0 atom stereocenters. The molecule has 0 spiro atoms. The quantitative estimate of drug-likeness (QED) is 0.615. The van der Waals surface area contributed by atoms with Gasteiger partial charge in [-0.1, -0.05) is 13.8 Å². The number of ether oxygens (including phenoxy) is 2. The van der Waals surface area contributed by atoms with Crippen LogP contribution in [0.25, 0.3) is 17.1 Å². The molecule has 0 fully saturated rings. The average molecular weight is 394 g/mol. The fourth-order valence-corrected chi connectivity index (χ4v) is 2.86. The van der Waals surface area contributed by atoms with Gasteiger partial charge in [0.2, 0.25) is 5.91 Å². The minimum absolute atomic E-state index is 0.00561. The Bertz CT molecular complexity index is 947. The maximum absolute atomic E-state index is 12.0. The van der Waals surface area contributed by atoms with E-state index in [2.05, 4.69) is 15.4 Å². The number of benzene rings is 2. The first-order valence-electron chi connectivity index (χ1n) is 9.64. The number of rotatable bonds is 8. The molecule has 0 radical (unpaired) electrons. The van der Waals surface area contributed by atoms with E-state index in [9.17, 15) is 4.79 Å². The lowest BCUT2D eigenvalue weighted by atomic mass is 10.1. The summed E-state index contributed by atoms with van der Waals surface area (Å²) < 4.78 is 12.5. The van der Waals surface area contributed by atoms with Crippen molar-refractivity contribution in [2.45, 2.75) is 27.2 Å². The summed E-state index contributed by atoms with van der Waals surface area (Å²) in [7, 11) is 1.63. The standard InChI is InChI=1S/C22H26N4O3/c1-5-29-22-24-21(16-6-12-19(28-4)13-7-16)26(25-22)18-10-8-17(9-11-18)23-20(27)14-15(2)3/h6-13,15H,5,14H2,1-4H3,(H,23,27). The average Bonchev–Trinajstić information content (AvgIpc) is 3.12. The molecule has 0 saturated heterocycles. The lowest BCUT2D eigenvalue weighted by molar-refractivity contribution is -0.116. The normalized spacial score (nSPS) is 10.8. The van der Waals surface area contributed by atoms with Crippen molar-refractivity contribution in [3.05, 3.63) is 48.5 Å². The molecular weight excluding hydrogens is 368 g/mol. The molecule has 7 heteroatoms. The maximum Gasteiger partial charge on any atom is 0.336 e. The number of nitrogens with zero attached hydrogens (tertiary/aromatic N) is 3. The summed E-state index contributed by atoms with van der Waals surface area (Å²) in [6.45, 7) is 6.41. The second-order valence-electron chi connectivity index (χ2n) is 6.98. The minimum Gasteiger partial charge on any atom is -0.497 e. The van der Waals surface area contributed by atoms with E-state index >= 15 is 0 Å². The van der Waals surface area contributed by atoms with Gasteiger partial charge >= 0.3 is 6.01 Å². The molecule has 0 unspecified atom stereocenters. The van der Waals surface area contributed by atoms with Gasteiger partial charge in [-0.2, -0.15) is 4.98 Å². The second-order valence-corrected chi connectivity index (χ2v) is 6.98. The van der Waals surface area contributed by atoms with Crippen molar-refractivity contribution in [2.75, 3.05) is 19.0 Å². The number of hydrogen-bond donors (Lipinski definition) is 1. The van der Waals surface area contributed by atoms with E-state index in [1.54, 1.807) is 11.8 Å². The molecule has 1 amide bonds. The Morgan fingerprint density at radius 3 is 2.38 bits per heavy atom. The molecule has 1 N–H and O–H groups in total. The van der Waals surface area contributed by atoms with Crippen molar-refractivity contribution >= 4 is 11.6 Å². The number of aromatic nitrogens is 3. The van der Waals surface area contributed by atoms with Crippen LogP contribution in [0.1, 0.15) is 27.2 Å². The Kier molecular flexibility index (Phi) is 6.49. The number of methoxy groups -OCH3 is 1. The molecule has 1 heterocycles. The molecule has 3 aromatic rings. The van der Waals surface area contributed by atoms with E-state index in [1.807, 2.05) is 69.3 Å². The Morgan fingerprint density at radius 1 is 1.10 bits per heavy atom. The molecule has 0 bridgehead atoms. The highest BCUT2D eigenvalue weighted by molar-refractivity contribution is 5.90. The monoisotopic (exact) mass is 394 g/mol. The minimum atomic E-state index is 0.00561. The number of nitrogens with one attached hydrogen (secondary N) is 1. The van der Waals surface area contributed by atoms with Gasteiger partial charge in [-0.05, 0) is 61.4 Å². The van der Waals surface area contributed by atoms with E-state index in [0.717, 1.165) is 22.7 Å². The van der Waals surface area contributed by atoms with Crippen molar-refractivity contribution in [1.82, 2.24) is 14.8 Å². The predicted molar refractivity (Wildman–Crippen MR) is 113 cm³/mol. The highest BCUT2D eigenvalue weighted by Crippen LogP contribution is 2.26. The zero-order valence-corrected chi connectivity index (χ0v) is 17.2. The Hall–Kier alpha value is -3.35. The molecule has 0 aliphatic rings. The fourth-order valence-electron chi connectivity index (χ4n) is 2.86. The highest BCUT2D eigenvalue weighted by Gasteiger charge is 2.15. The van der Waals surface area contributed by atoms with Crippen LogP contribution in [0, 0.1) is 5.92 Å². The summed E-state index contributed by atoms with van der Waals surface area (Å²) >= 11 is 0. The fraction of sp³-hybridized carbons (Fsp3) is 0.318. The lowest BCUT2D eigenvalue weighted by Crippen LogP contribution is -2.13. The van der Waals surface area contributed by atoms with E-state index in [-0.39, 0.29) is 5.91 Å². The van der Waals surface area contributed by atoms with Crippen LogP contribution in [0.4, 0.5) is 5.69 Å². The predicted octanol–water partition coefficient (Wildman–Crippen LogP) is 4.33. The molecular formula is C22H26N4O3. The number of carbonyl (C=O) groups is 1. The van der Waals surface area contributed by atoms with Gasteiger partial charge in [-0.25, -0.2) is 4.68 Å². The summed E-state index contributed by atoms with van der Waals surface area (Å²) in [5.41, 5.74) is 2.45. The number of hydrogen-bond acceptors (Lipinski definition) is 5. The van der Waals surface area contributed by atoms with Gasteiger partial charge in [-0.15, -0.1) is 5.10 Å². The summed E-state index contributed by atoms with van der Waals surface area (Å²) in [6.07, 6.45) is 0.490. The number of anilines is 1. The first-order valence-corrected chi connectivity index (χ1v) is 9.64. The van der Waals surface area contributed by atoms with Gasteiger partial charge in [0.1, 0.15) is 5.75 Å². The Morgan fingerprint density at radius 2 is 1.79 bits per heavy atom. The van der Waals surface area contributed by atoms with Crippen LogP contribution in [0.5, 0.6) is 11.8 Å². The van der Waals surface area contributed by atoms with Gasteiger partial charge in [0, 0.05) is 17.7 Å². The zero-order valence-electron chi connectivity index (χ0n) is 17.2. The molecule has 7 nitrogen and oxygen atoms in total. The van der Waals surface area contributed by atoms with Crippen LogP contribution in [-0.4, -0.2) is 34.4 Å². The van der Waals surface area contributed by atoms with Crippen LogP contribution in [0.3, 0.4) is 0 Å². The van der Waals surface area contributed by atoms with E-state index < -0.39 is 0 Å². The van der Waals surface area contributed by atoms with Crippen LogP contribution >= 0.6 is 0 Å². The molecule has 29 heavy (non-hydrogen) atoms. The first-order chi connectivity index (χ1) is 14.0. The highest BCUT2D eigenvalue weighted by atomic mass is 16.5. The van der Waals surface area contributed by atoms with Gasteiger partial charge in [0.05, 0.1) is 19.4 Å². The van der Waals surface area contributed by atoms with Crippen molar-refractivity contribution in [3.63, 3.8) is 0 Å². The Balaban J connectivity index is 1.89. The van der Waals surface area contributed by atoms with Gasteiger partial charge in [-0.3, -0.25) is 4.79 Å². The Labute approximate surface area is 170 Å².